The van der Waals surface area contributed by atoms with Crippen LogP contribution < -0.4 is 5.32 Å². The molecule has 1 aliphatic carbocycles. The van der Waals surface area contributed by atoms with E-state index in [1.54, 1.807) is 11.7 Å². The molecule has 2 unspecified atom stereocenters. The fourth-order valence-electron chi connectivity index (χ4n) is 2.53. The van der Waals surface area contributed by atoms with Crippen molar-refractivity contribution in [3.8, 4) is 0 Å². The third-order valence-corrected chi connectivity index (χ3v) is 3.39. The van der Waals surface area contributed by atoms with Crippen LogP contribution in [0.4, 0.5) is 5.95 Å². The molecule has 2 N–H and O–H groups in total. The van der Waals surface area contributed by atoms with Crippen LogP contribution in [0.2, 0.25) is 0 Å². The highest BCUT2D eigenvalue weighted by Crippen LogP contribution is 2.34. The lowest BCUT2D eigenvalue weighted by molar-refractivity contribution is 0.148. The molecule has 1 aromatic rings. The highest BCUT2D eigenvalue weighted by atomic mass is 16.3. The lowest BCUT2D eigenvalue weighted by atomic mass is 9.77. The second kappa shape index (κ2) is 4.37. The van der Waals surface area contributed by atoms with Crippen molar-refractivity contribution in [1.82, 2.24) is 20.2 Å². The average molecular weight is 225 g/mol. The number of aliphatic hydroxyl groups is 1. The van der Waals surface area contributed by atoms with Gasteiger partial charge in [-0.05, 0) is 29.2 Å². The molecule has 0 radical (unpaired) electrons. The van der Waals surface area contributed by atoms with Crippen molar-refractivity contribution in [1.29, 1.82) is 0 Å². The zero-order valence-electron chi connectivity index (χ0n) is 9.85. The zero-order chi connectivity index (χ0) is 11.6. The maximum atomic E-state index is 9.61. The molecule has 1 aliphatic rings. The summed E-state index contributed by atoms with van der Waals surface area (Å²) in [6.45, 7) is 2.35. The van der Waals surface area contributed by atoms with Gasteiger partial charge in [0, 0.05) is 7.05 Å². The SMILES string of the molecule is CC1CCCC(CO)(Nc2nnnn2C)C1. The van der Waals surface area contributed by atoms with E-state index in [1.165, 1.54) is 6.42 Å². The van der Waals surface area contributed by atoms with Gasteiger partial charge in [0.15, 0.2) is 0 Å². The Morgan fingerprint density at radius 3 is 3.00 bits per heavy atom. The van der Waals surface area contributed by atoms with Gasteiger partial charge in [-0.15, -0.1) is 0 Å². The van der Waals surface area contributed by atoms with Crippen LogP contribution in [0.5, 0.6) is 0 Å². The van der Waals surface area contributed by atoms with E-state index in [-0.39, 0.29) is 12.1 Å². The number of tetrazole rings is 1. The van der Waals surface area contributed by atoms with Crippen molar-refractivity contribution in [2.75, 3.05) is 11.9 Å². The van der Waals surface area contributed by atoms with Gasteiger partial charge in [0.1, 0.15) is 0 Å². The molecule has 90 valence electrons. The molecule has 0 spiro atoms. The number of anilines is 1. The molecule has 0 aromatic carbocycles. The van der Waals surface area contributed by atoms with Gasteiger partial charge in [0.05, 0.1) is 12.1 Å². The van der Waals surface area contributed by atoms with E-state index in [0.29, 0.717) is 11.9 Å². The van der Waals surface area contributed by atoms with Gasteiger partial charge in [-0.1, -0.05) is 24.9 Å². The molecule has 1 fully saturated rings. The molecule has 1 saturated carbocycles. The van der Waals surface area contributed by atoms with Crippen molar-refractivity contribution in [3.63, 3.8) is 0 Å². The number of nitrogens with zero attached hydrogens (tertiary/aromatic N) is 4. The van der Waals surface area contributed by atoms with E-state index >= 15 is 0 Å². The molecule has 0 amide bonds. The van der Waals surface area contributed by atoms with Gasteiger partial charge >= 0.3 is 0 Å². The van der Waals surface area contributed by atoms with Crippen LogP contribution in [0.25, 0.3) is 0 Å². The van der Waals surface area contributed by atoms with Crippen molar-refractivity contribution >= 4 is 5.95 Å². The van der Waals surface area contributed by atoms with Crippen LogP contribution in [-0.2, 0) is 7.05 Å². The number of aromatic nitrogens is 4. The van der Waals surface area contributed by atoms with Gasteiger partial charge in [0.2, 0.25) is 5.95 Å². The molecule has 16 heavy (non-hydrogen) atoms. The average Bonchev–Trinajstić information content (AvgIpc) is 2.64. The zero-order valence-corrected chi connectivity index (χ0v) is 9.85. The fraction of sp³-hybridized carbons (Fsp3) is 0.900. The number of rotatable bonds is 3. The Labute approximate surface area is 95.0 Å². The fourth-order valence-corrected chi connectivity index (χ4v) is 2.53. The maximum absolute atomic E-state index is 9.61. The maximum Gasteiger partial charge on any atom is 0.243 e. The normalized spacial score (nSPS) is 30.3. The topological polar surface area (TPSA) is 75.9 Å². The van der Waals surface area contributed by atoms with Crippen LogP contribution >= 0.6 is 0 Å². The molecule has 0 bridgehead atoms. The monoisotopic (exact) mass is 225 g/mol. The first kappa shape index (κ1) is 11.3. The first-order chi connectivity index (χ1) is 7.65. The van der Waals surface area contributed by atoms with Crippen LogP contribution in [0.15, 0.2) is 0 Å². The van der Waals surface area contributed by atoms with Crippen LogP contribution in [0.1, 0.15) is 32.6 Å². The summed E-state index contributed by atoms with van der Waals surface area (Å²) in [6.07, 6.45) is 4.32. The largest absolute Gasteiger partial charge is 0.394 e. The summed E-state index contributed by atoms with van der Waals surface area (Å²) in [7, 11) is 1.79. The third kappa shape index (κ3) is 2.16. The Hall–Kier alpha value is -1.17. The summed E-state index contributed by atoms with van der Waals surface area (Å²) in [6, 6.07) is 0. The lowest BCUT2D eigenvalue weighted by Gasteiger charge is -2.39. The van der Waals surface area contributed by atoms with Gasteiger partial charge in [-0.3, -0.25) is 0 Å². The van der Waals surface area contributed by atoms with Gasteiger partial charge in [-0.2, -0.15) is 0 Å². The summed E-state index contributed by atoms with van der Waals surface area (Å²) in [5.74, 6) is 1.26. The lowest BCUT2D eigenvalue weighted by Crippen LogP contribution is -2.46. The summed E-state index contributed by atoms with van der Waals surface area (Å²) in [5, 5.41) is 24.2. The predicted molar refractivity (Wildman–Crippen MR) is 59.9 cm³/mol. The minimum Gasteiger partial charge on any atom is -0.394 e. The first-order valence-electron chi connectivity index (χ1n) is 5.77. The van der Waals surface area contributed by atoms with E-state index < -0.39 is 0 Å². The molecule has 2 rings (SSSR count). The van der Waals surface area contributed by atoms with Crippen molar-refractivity contribution in [3.05, 3.63) is 0 Å². The van der Waals surface area contributed by atoms with E-state index in [1.807, 2.05) is 0 Å². The van der Waals surface area contributed by atoms with E-state index in [9.17, 15) is 5.11 Å². The number of aliphatic hydroxyl groups excluding tert-OH is 1. The second-order valence-corrected chi connectivity index (χ2v) is 4.89. The Bertz CT molecular complexity index is 353. The smallest absolute Gasteiger partial charge is 0.243 e. The predicted octanol–water partition coefficient (Wildman–Crippen LogP) is 0.563. The summed E-state index contributed by atoms with van der Waals surface area (Å²) >= 11 is 0. The molecular weight excluding hydrogens is 206 g/mol. The molecule has 0 saturated heterocycles. The highest BCUT2D eigenvalue weighted by molar-refractivity contribution is 5.28. The summed E-state index contributed by atoms with van der Waals surface area (Å²) in [5.41, 5.74) is -0.250. The molecular formula is C10H19N5O. The number of nitrogens with one attached hydrogen (secondary N) is 1. The Balaban J connectivity index is 2.12. The minimum absolute atomic E-state index is 0.129. The quantitative estimate of drug-likeness (QED) is 0.786. The molecule has 2 atom stereocenters. The number of aryl methyl sites for hydroxylation is 1. The third-order valence-electron chi connectivity index (χ3n) is 3.39. The van der Waals surface area contributed by atoms with Crippen molar-refractivity contribution in [2.45, 2.75) is 38.1 Å². The number of hydrogen-bond acceptors (Lipinski definition) is 5. The van der Waals surface area contributed by atoms with Crippen LogP contribution in [0.3, 0.4) is 0 Å². The van der Waals surface area contributed by atoms with E-state index in [2.05, 4.69) is 27.8 Å². The molecule has 6 heteroatoms. The molecule has 6 nitrogen and oxygen atoms in total. The van der Waals surface area contributed by atoms with Gasteiger partial charge in [-0.25, -0.2) is 4.68 Å². The van der Waals surface area contributed by atoms with E-state index in [0.717, 1.165) is 19.3 Å². The molecule has 1 heterocycles. The van der Waals surface area contributed by atoms with Gasteiger partial charge < -0.3 is 10.4 Å². The Morgan fingerprint density at radius 1 is 1.62 bits per heavy atom. The highest BCUT2D eigenvalue weighted by Gasteiger charge is 2.35. The van der Waals surface area contributed by atoms with Crippen LogP contribution in [-0.4, -0.2) is 37.5 Å². The summed E-state index contributed by atoms with van der Waals surface area (Å²) < 4.78 is 1.59. The standard InChI is InChI=1S/C10H19N5O/c1-8-4-3-5-10(6-8,7-16)11-9-12-13-14-15(9)2/h8,16H,3-7H2,1-2H3,(H,11,12,14). The van der Waals surface area contributed by atoms with Crippen molar-refractivity contribution < 1.29 is 5.11 Å². The van der Waals surface area contributed by atoms with Gasteiger partial charge in [0.25, 0.3) is 0 Å². The van der Waals surface area contributed by atoms with E-state index in [4.69, 9.17) is 0 Å². The molecule has 1 aromatic heterocycles. The Kier molecular flexibility index (Phi) is 3.09. The minimum atomic E-state index is -0.250. The summed E-state index contributed by atoms with van der Waals surface area (Å²) in [4.78, 5) is 0. The Morgan fingerprint density at radius 2 is 2.44 bits per heavy atom. The van der Waals surface area contributed by atoms with Crippen LogP contribution in [0, 0.1) is 5.92 Å². The second-order valence-electron chi connectivity index (χ2n) is 4.89. The van der Waals surface area contributed by atoms with Crippen molar-refractivity contribution in [2.24, 2.45) is 13.0 Å². The first-order valence-corrected chi connectivity index (χ1v) is 5.77. The molecule has 0 aliphatic heterocycles. The number of hydrogen-bond donors (Lipinski definition) is 2.